The van der Waals surface area contributed by atoms with Crippen molar-refractivity contribution in [3.8, 4) is 0 Å². The number of hydrogen-bond acceptors (Lipinski definition) is 3. The molecule has 0 aliphatic heterocycles. The molecule has 0 spiro atoms. The van der Waals surface area contributed by atoms with E-state index in [1.807, 2.05) is 0 Å². The minimum Gasteiger partial charge on any atom is -0.748 e. The van der Waals surface area contributed by atoms with Gasteiger partial charge in [-0.05, 0) is 6.42 Å². The van der Waals surface area contributed by atoms with Gasteiger partial charge >= 0.3 is 0 Å². The summed E-state index contributed by atoms with van der Waals surface area (Å²) in [5, 5.41) is 0. The molecule has 0 heterocycles. The Morgan fingerprint density at radius 3 is 2.11 bits per heavy atom. The second-order valence-corrected chi connectivity index (χ2v) is 2.86. The summed E-state index contributed by atoms with van der Waals surface area (Å²) in [5.74, 6) is -0.337. The fourth-order valence-electron chi connectivity index (χ4n) is 0.228. The van der Waals surface area contributed by atoms with Crippen LogP contribution in [0.3, 0.4) is 0 Å². The Kier molecular flexibility index (Phi) is 5.69. The van der Waals surface area contributed by atoms with Gasteiger partial charge in [0.1, 0.15) is 0 Å². The van der Waals surface area contributed by atoms with Crippen LogP contribution in [0, 0.1) is 0 Å². The average molecular weight is 153 g/mol. The molecule has 0 saturated carbocycles. The lowest BCUT2D eigenvalue weighted by Gasteiger charge is -2.01. The molecular weight excluding hydrogens is 142 g/mol. The molecule has 0 aliphatic rings. The summed E-state index contributed by atoms with van der Waals surface area (Å²) in [7, 11) is -4.01. The number of rotatable bonds is 3. The summed E-state index contributed by atoms with van der Waals surface area (Å²) >= 11 is 0. The maximum atomic E-state index is 9.79. The molecule has 0 unspecified atom stereocenters. The Morgan fingerprint density at radius 2 is 2.00 bits per heavy atom. The van der Waals surface area contributed by atoms with Crippen molar-refractivity contribution in [2.75, 3.05) is 5.75 Å². The van der Waals surface area contributed by atoms with Crippen molar-refractivity contribution in [1.29, 1.82) is 0 Å². The van der Waals surface area contributed by atoms with Crippen molar-refractivity contribution < 1.29 is 13.0 Å². The standard InChI is InChI=1S/C4H8O3S.H3N/c1-2-3-4-8(5,6)7;/h2H,1,3-4H2,(H,5,6,7);1H3. The number of allylic oxidation sites excluding steroid dienone is 1. The van der Waals surface area contributed by atoms with Gasteiger partial charge in [-0.25, -0.2) is 8.42 Å². The first-order valence-corrected chi connectivity index (χ1v) is 3.68. The van der Waals surface area contributed by atoms with Gasteiger partial charge < -0.3 is 10.7 Å². The molecule has 0 amide bonds. The average Bonchev–Trinajstić information content (AvgIpc) is 1.59. The van der Waals surface area contributed by atoms with E-state index in [0.29, 0.717) is 0 Å². The van der Waals surface area contributed by atoms with Crippen LogP contribution in [0.1, 0.15) is 6.42 Å². The first-order chi connectivity index (χ1) is 3.56. The van der Waals surface area contributed by atoms with E-state index in [0.717, 1.165) is 0 Å². The fraction of sp³-hybridized carbons (Fsp3) is 0.500. The molecule has 0 atom stereocenters. The van der Waals surface area contributed by atoms with Gasteiger partial charge in [-0.3, -0.25) is 0 Å². The van der Waals surface area contributed by atoms with Crippen molar-refractivity contribution in [2.24, 2.45) is 0 Å². The molecule has 9 heavy (non-hydrogen) atoms. The van der Waals surface area contributed by atoms with Crippen molar-refractivity contribution in [3.63, 3.8) is 0 Å². The summed E-state index contributed by atoms with van der Waals surface area (Å²) in [5.41, 5.74) is 0. The molecule has 0 aromatic carbocycles. The van der Waals surface area contributed by atoms with E-state index >= 15 is 0 Å². The third-order valence-electron chi connectivity index (χ3n) is 0.572. The van der Waals surface area contributed by atoms with Crippen molar-refractivity contribution in [2.45, 2.75) is 6.42 Å². The van der Waals surface area contributed by atoms with Gasteiger partial charge in [0.05, 0.1) is 10.1 Å². The largest absolute Gasteiger partial charge is 0.748 e. The van der Waals surface area contributed by atoms with Gasteiger partial charge in [0.25, 0.3) is 0 Å². The molecule has 0 saturated heterocycles. The summed E-state index contributed by atoms with van der Waals surface area (Å²) in [6, 6.07) is 0. The van der Waals surface area contributed by atoms with E-state index in [9.17, 15) is 13.0 Å². The van der Waals surface area contributed by atoms with Gasteiger partial charge in [0.2, 0.25) is 0 Å². The van der Waals surface area contributed by atoms with E-state index in [1.54, 1.807) is 0 Å². The molecule has 0 aromatic rings. The van der Waals surface area contributed by atoms with Crippen molar-refractivity contribution >= 4 is 10.1 Å². The van der Waals surface area contributed by atoms with Gasteiger partial charge in [-0.1, -0.05) is 6.08 Å². The van der Waals surface area contributed by atoms with Crippen LogP contribution in [-0.2, 0) is 10.1 Å². The Bertz CT molecular complexity index is 161. The minimum absolute atomic E-state index is 0. The van der Waals surface area contributed by atoms with E-state index in [1.165, 1.54) is 6.08 Å². The lowest BCUT2D eigenvalue weighted by molar-refractivity contribution is 0.463. The second-order valence-electron chi connectivity index (χ2n) is 1.34. The summed E-state index contributed by atoms with van der Waals surface area (Å²) < 4.78 is 29.4. The number of quaternary nitrogens is 1. The SMILES string of the molecule is C=CCCS(=O)(=O)[O-].[NH4+]. The highest BCUT2D eigenvalue weighted by Crippen LogP contribution is 1.86. The van der Waals surface area contributed by atoms with Crippen LogP contribution in [0.25, 0.3) is 0 Å². The summed E-state index contributed by atoms with van der Waals surface area (Å²) in [6.45, 7) is 3.26. The van der Waals surface area contributed by atoms with Gasteiger partial charge in [-0.2, -0.15) is 0 Å². The lowest BCUT2D eigenvalue weighted by atomic mass is 10.5. The molecule has 4 nitrogen and oxygen atoms in total. The molecule has 0 aromatic heterocycles. The maximum absolute atomic E-state index is 9.79. The highest BCUT2D eigenvalue weighted by Gasteiger charge is 1.88. The van der Waals surface area contributed by atoms with E-state index < -0.39 is 10.1 Å². The van der Waals surface area contributed by atoms with E-state index in [-0.39, 0.29) is 18.3 Å². The topological polar surface area (TPSA) is 93.7 Å². The zero-order valence-electron chi connectivity index (χ0n) is 5.33. The summed E-state index contributed by atoms with van der Waals surface area (Å²) in [6.07, 6.45) is 1.64. The zero-order valence-corrected chi connectivity index (χ0v) is 6.15. The molecule has 5 heteroatoms. The van der Waals surface area contributed by atoms with Crippen LogP contribution < -0.4 is 6.15 Å². The first-order valence-electron chi connectivity index (χ1n) is 2.11. The van der Waals surface area contributed by atoms with E-state index in [4.69, 9.17) is 0 Å². The molecule has 0 bridgehead atoms. The monoisotopic (exact) mass is 153 g/mol. The quantitative estimate of drug-likeness (QED) is 0.472. The predicted molar refractivity (Wildman–Crippen MR) is 35.4 cm³/mol. The van der Waals surface area contributed by atoms with Crippen LogP contribution in [0.4, 0.5) is 0 Å². The summed E-state index contributed by atoms with van der Waals surface area (Å²) in [4.78, 5) is 0. The Labute approximate surface area is 54.9 Å². The molecule has 4 N–H and O–H groups in total. The molecule has 0 rings (SSSR count). The van der Waals surface area contributed by atoms with Crippen LogP contribution in [0.5, 0.6) is 0 Å². The maximum Gasteiger partial charge on any atom is 0.0948 e. The highest BCUT2D eigenvalue weighted by atomic mass is 32.2. The minimum atomic E-state index is -4.01. The molecular formula is C4H11NO3S. The third kappa shape index (κ3) is 11.3. The smallest absolute Gasteiger partial charge is 0.0948 e. The van der Waals surface area contributed by atoms with Crippen molar-refractivity contribution in [3.05, 3.63) is 12.7 Å². The Morgan fingerprint density at radius 1 is 1.56 bits per heavy atom. The predicted octanol–water partition coefficient (Wildman–Crippen LogP) is 0.484. The molecule has 0 fully saturated rings. The highest BCUT2D eigenvalue weighted by molar-refractivity contribution is 7.85. The van der Waals surface area contributed by atoms with E-state index in [2.05, 4.69) is 6.58 Å². The molecule has 0 aliphatic carbocycles. The number of hydrogen-bond donors (Lipinski definition) is 1. The van der Waals surface area contributed by atoms with Crippen LogP contribution in [0.15, 0.2) is 12.7 Å². The first kappa shape index (κ1) is 11.4. The van der Waals surface area contributed by atoms with Crippen LogP contribution >= 0.6 is 0 Å². The zero-order chi connectivity index (χ0) is 6.62. The van der Waals surface area contributed by atoms with Gasteiger partial charge in [-0.15, -0.1) is 6.58 Å². The van der Waals surface area contributed by atoms with Crippen LogP contribution in [0.2, 0.25) is 0 Å². The second kappa shape index (κ2) is 4.49. The van der Waals surface area contributed by atoms with Crippen LogP contribution in [-0.4, -0.2) is 18.7 Å². The lowest BCUT2D eigenvalue weighted by Crippen LogP contribution is -2.02. The van der Waals surface area contributed by atoms with Crippen molar-refractivity contribution in [1.82, 2.24) is 6.15 Å². The van der Waals surface area contributed by atoms with Gasteiger partial charge in [0, 0.05) is 5.75 Å². The van der Waals surface area contributed by atoms with Gasteiger partial charge in [0.15, 0.2) is 0 Å². The normalized spacial score (nSPS) is 9.89. The fourth-order valence-corrected chi connectivity index (χ4v) is 0.683. The molecule has 56 valence electrons. The Hall–Kier alpha value is -0.390. The third-order valence-corrected chi connectivity index (χ3v) is 1.31. The Balaban J connectivity index is 0. The molecule has 0 radical (unpaired) electrons.